The van der Waals surface area contributed by atoms with Gasteiger partial charge in [-0.15, -0.1) is 0 Å². The number of anilines is 3. The van der Waals surface area contributed by atoms with Crippen LogP contribution in [0.3, 0.4) is 0 Å². The van der Waals surface area contributed by atoms with Crippen LogP contribution < -0.4 is 4.90 Å². The fourth-order valence-electron chi connectivity index (χ4n) is 11.0. The molecule has 0 saturated heterocycles. The molecule has 10 aromatic carbocycles. The Labute approximate surface area is 367 Å². The highest BCUT2D eigenvalue weighted by Gasteiger charge is 2.36. The second-order valence-electron chi connectivity index (χ2n) is 17.7. The minimum Gasteiger partial charge on any atom is -0.310 e. The monoisotopic (exact) mass is 802 g/mol. The first-order valence-electron chi connectivity index (χ1n) is 22.0. The molecule has 0 radical (unpaired) electrons. The first-order valence-corrected chi connectivity index (χ1v) is 22.0. The molecule has 2 aliphatic rings. The van der Waals surface area contributed by atoms with Crippen LogP contribution >= 0.6 is 0 Å². The molecule has 2 aliphatic carbocycles. The van der Waals surface area contributed by atoms with Crippen LogP contribution in [0.5, 0.6) is 0 Å². The van der Waals surface area contributed by atoms with Crippen molar-refractivity contribution in [2.45, 2.75) is 19.3 Å². The van der Waals surface area contributed by atoms with E-state index in [1.807, 2.05) is 0 Å². The van der Waals surface area contributed by atoms with Crippen molar-refractivity contribution in [3.8, 4) is 61.3 Å². The van der Waals surface area contributed by atoms with Crippen LogP contribution in [0.15, 0.2) is 218 Å². The molecule has 296 valence electrons. The molecule has 0 aliphatic heterocycles. The van der Waals surface area contributed by atoms with Crippen molar-refractivity contribution < 1.29 is 0 Å². The van der Waals surface area contributed by atoms with Gasteiger partial charge in [0.05, 0.1) is 11.0 Å². The molecular formula is C61H42N2. The quantitative estimate of drug-likeness (QED) is 0.163. The number of benzene rings is 10. The van der Waals surface area contributed by atoms with E-state index in [0.717, 1.165) is 22.7 Å². The van der Waals surface area contributed by atoms with Crippen LogP contribution in [0.4, 0.5) is 17.1 Å². The van der Waals surface area contributed by atoms with Gasteiger partial charge in [-0.05, 0) is 133 Å². The minimum absolute atomic E-state index is 0.0780. The van der Waals surface area contributed by atoms with Crippen molar-refractivity contribution in [2.24, 2.45) is 0 Å². The summed E-state index contributed by atoms with van der Waals surface area (Å²) in [6, 6.07) is 80.7. The summed E-state index contributed by atoms with van der Waals surface area (Å²) in [6.07, 6.45) is 0. The third-order valence-electron chi connectivity index (χ3n) is 14.0. The summed E-state index contributed by atoms with van der Waals surface area (Å²) in [5.74, 6) is 0. The lowest BCUT2D eigenvalue weighted by molar-refractivity contribution is 0.660. The summed E-state index contributed by atoms with van der Waals surface area (Å²) in [7, 11) is 0. The van der Waals surface area contributed by atoms with E-state index < -0.39 is 0 Å². The van der Waals surface area contributed by atoms with E-state index in [0.29, 0.717) is 0 Å². The van der Waals surface area contributed by atoms with Crippen molar-refractivity contribution in [2.75, 3.05) is 4.90 Å². The summed E-state index contributed by atoms with van der Waals surface area (Å²) in [5, 5.41) is 5.24. The highest BCUT2D eigenvalue weighted by atomic mass is 15.1. The SMILES string of the molecule is CC1(C)c2ccccc2-c2ccc(N(c3ccccc3)c3ccc(-c4ccc(-n5c6cccc7c6c6c8c(ccc(-c9ccccc9)c8ccc65)-c5ccccc5-7)cc4)cc3)cc21. The van der Waals surface area contributed by atoms with Gasteiger partial charge in [-0.1, -0.05) is 172 Å². The van der Waals surface area contributed by atoms with Gasteiger partial charge in [-0.3, -0.25) is 0 Å². The molecule has 0 atom stereocenters. The van der Waals surface area contributed by atoms with Crippen molar-refractivity contribution in [1.82, 2.24) is 4.57 Å². The molecule has 0 unspecified atom stereocenters. The van der Waals surface area contributed by atoms with E-state index in [2.05, 4.69) is 242 Å². The van der Waals surface area contributed by atoms with Crippen LogP contribution in [-0.2, 0) is 5.41 Å². The van der Waals surface area contributed by atoms with Gasteiger partial charge < -0.3 is 9.47 Å². The van der Waals surface area contributed by atoms with Crippen LogP contribution in [-0.4, -0.2) is 4.57 Å². The molecule has 2 nitrogen and oxygen atoms in total. The van der Waals surface area contributed by atoms with E-state index >= 15 is 0 Å². The minimum atomic E-state index is -0.0780. The second-order valence-corrected chi connectivity index (χ2v) is 17.7. The zero-order chi connectivity index (χ0) is 41.8. The Morgan fingerprint density at radius 2 is 0.873 bits per heavy atom. The molecule has 2 heteroatoms. The zero-order valence-electron chi connectivity index (χ0n) is 35.2. The Balaban J connectivity index is 0.910. The highest BCUT2D eigenvalue weighted by Crippen LogP contribution is 2.52. The summed E-state index contributed by atoms with van der Waals surface area (Å²) >= 11 is 0. The van der Waals surface area contributed by atoms with Crippen molar-refractivity contribution in [1.29, 1.82) is 0 Å². The average Bonchev–Trinajstić information content (AvgIpc) is 3.75. The maximum absolute atomic E-state index is 2.47. The highest BCUT2D eigenvalue weighted by molar-refractivity contribution is 6.31. The van der Waals surface area contributed by atoms with E-state index in [9.17, 15) is 0 Å². The van der Waals surface area contributed by atoms with Crippen molar-refractivity contribution >= 4 is 49.6 Å². The maximum Gasteiger partial charge on any atom is 0.0548 e. The van der Waals surface area contributed by atoms with Gasteiger partial charge in [-0.25, -0.2) is 0 Å². The number of fused-ring (bicyclic) bond motifs is 6. The largest absolute Gasteiger partial charge is 0.310 e. The van der Waals surface area contributed by atoms with Gasteiger partial charge in [0, 0.05) is 44.3 Å². The molecule has 0 N–H and O–H groups in total. The Bertz CT molecular complexity index is 3610. The smallest absolute Gasteiger partial charge is 0.0548 e. The molecule has 0 bridgehead atoms. The fraction of sp³-hybridized carbons (Fsp3) is 0.0492. The number of rotatable bonds is 6. The van der Waals surface area contributed by atoms with Crippen LogP contribution in [0.1, 0.15) is 25.0 Å². The Morgan fingerprint density at radius 3 is 1.62 bits per heavy atom. The third-order valence-corrected chi connectivity index (χ3v) is 14.0. The van der Waals surface area contributed by atoms with Gasteiger partial charge >= 0.3 is 0 Å². The second kappa shape index (κ2) is 13.5. The number of hydrogen-bond acceptors (Lipinski definition) is 1. The summed E-state index contributed by atoms with van der Waals surface area (Å²) in [6.45, 7) is 4.70. The Kier molecular flexibility index (Phi) is 7.68. The molecule has 13 rings (SSSR count). The van der Waals surface area contributed by atoms with E-state index in [4.69, 9.17) is 0 Å². The molecule has 11 aromatic rings. The Morgan fingerprint density at radius 1 is 0.333 bits per heavy atom. The predicted molar refractivity (Wildman–Crippen MR) is 266 cm³/mol. The molecule has 63 heavy (non-hydrogen) atoms. The number of para-hydroxylation sites is 1. The maximum atomic E-state index is 2.47. The van der Waals surface area contributed by atoms with Gasteiger partial charge in [0.15, 0.2) is 0 Å². The lowest BCUT2D eigenvalue weighted by atomic mass is 9.82. The summed E-state index contributed by atoms with van der Waals surface area (Å²) < 4.78 is 2.47. The first kappa shape index (κ1) is 35.8. The van der Waals surface area contributed by atoms with E-state index in [-0.39, 0.29) is 5.41 Å². The van der Waals surface area contributed by atoms with Gasteiger partial charge in [0.1, 0.15) is 0 Å². The normalized spacial score (nSPS) is 13.0. The van der Waals surface area contributed by atoms with E-state index in [1.54, 1.807) is 0 Å². The summed E-state index contributed by atoms with van der Waals surface area (Å²) in [5.41, 5.74) is 22.4. The Hall–Kier alpha value is -7.94. The zero-order valence-corrected chi connectivity index (χ0v) is 35.2. The molecule has 1 aromatic heterocycles. The molecule has 0 saturated carbocycles. The van der Waals surface area contributed by atoms with Gasteiger partial charge in [-0.2, -0.15) is 0 Å². The molecule has 1 heterocycles. The predicted octanol–water partition coefficient (Wildman–Crippen LogP) is 16.7. The number of hydrogen-bond donors (Lipinski definition) is 0. The van der Waals surface area contributed by atoms with Gasteiger partial charge in [0.2, 0.25) is 0 Å². The van der Waals surface area contributed by atoms with Crippen molar-refractivity contribution in [3.63, 3.8) is 0 Å². The molecule has 0 fully saturated rings. The molecular weight excluding hydrogens is 761 g/mol. The van der Waals surface area contributed by atoms with Crippen molar-refractivity contribution in [3.05, 3.63) is 230 Å². The van der Waals surface area contributed by atoms with Gasteiger partial charge in [0.25, 0.3) is 0 Å². The fourth-order valence-corrected chi connectivity index (χ4v) is 11.0. The third kappa shape index (κ3) is 5.25. The van der Waals surface area contributed by atoms with Crippen LogP contribution in [0, 0.1) is 0 Å². The van der Waals surface area contributed by atoms with E-state index in [1.165, 1.54) is 99.3 Å². The number of nitrogens with zero attached hydrogens (tertiary/aromatic N) is 2. The standard InChI is InChI=1S/C61H42N2/c1-61(2)54-22-12-11-20-49(54)50-33-32-45(38-55(50)61)62(42-16-7-4-8-17-42)43-28-24-39(25-29-43)40-26-30-44(31-27-40)63-56-23-13-21-51-47-18-9-10-19-48(47)53-35-34-46(41-14-5-3-6-15-41)52-36-37-57(63)60(58(52)53)59(51)56/h3-38H,1-2H3. The van der Waals surface area contributed by atoms with Crippen LogP contribution in [0.25, 0.3) is 93.9 Å². The van der Waals surface area contributed by atoms with Crippen LogP contribution in [0.2, 0.25) is 0 Å². The summed E-state index contributed by atoms with van der Waals surface area (Å²) in [4.78, 5) is 2.38. The average molecular weight is 803 g/mol. The molecule has 0 spiro atoms. The lowest BCUT2D eigenvalue weighted by Crippen LogP contribution is -2.16. The topological polar surface area (TPSA) is 8.17 Å². The lowest BCUT2D eigenvalue weighted by Gasteiger charge is -2.28. The molecule has 0 amide bonds. The first-order chi connectivity index (χ1) is 31.0. The number of aromatic nitrogens is 1.